The lowest BCUT2D eigenvalue weighted by Crippen LogP contribution is -2.30. The smallest absolute Gasteiger partial charge is 0.462 e. The van der Waals surface area contributed by atoms with Gasteiger partial charge in [-0.3, -0.25) is 37.3 Å². The highest BCUT2D eigenvalue weighted by atomic mass is 31.2. The van der Waals surface area contributed by atoms with E-state index in [0.29, 0.717) is 25.7 Å². The molecule has 103 heavy (non-hydrogen) atoms. The van der Waals surface area contributed by atoms with Gasteiger partial charge >= 0.3 is 39.5 Å². The molecule has 19 heteroatoms. The van der Waals surface area contributed by atoms with Crippen LogP contribution in [0.25, 0.3) is 0 Å². The van der Waals surface area contributed by atoms with Crippen LogP contribution >= 0.6 is 15.6 Å². The van der Waals surface area contributed by atoms with E-state index in [0.717, 1.165) is 102 Å². The molecule has 0 fully saturated rings. The number of unbranched alkanes of at least 4 members (excludes halogenated alkanes) is 53. The summed E-state index contributed by atoms with van der Waals surface area (Å²) >= 11 is 0. The molecule has 0 aliphatic heterocycles. The summed E-state index contributed by atoms with van der Waals surface area (Å²) in [6.45, 7) is 9.61. The molecule has 3 N–H and O–H groups in total. The lowest BCUT2D eigenvalue weighted by atomic mass is 10.0. The molecular weight excluding hydrogens is 1340 g/mol. The van der Waals surface area contributed by atoms with E-state index in [-0.39, 0.29) is 25.7 Å². The highest BCUT2D eigenvalue weighted by Gasteiger charge is 2.30. The van der Waals surface area contributed by atoms with Crippen molar-refractivity contribution in [1.82, 2.24) is 0 Å². The van der Waals surface area contributed by atoms with E-state index < -0.39 is 97.5 Å². The number of aliphatic hydroxyl groups excluding tert-OH is 1. The number of rotatable bonds is 83. The van der Waals surface area contributed by atoms with Gasteiger partial charge in [0.1, 0.15) is 19.3 Å². The normalized spacial score (nSPS) is 13.9. The summed E-state index contributed by atoms with van der Waals surface area (Å²) in [5, 5.41) is 10.7. The zero-order valence-electron chi connectivity index (χ0n) is 67.6. The average Bonchev–Trinajstić information content (AvgIpc) is 0.926. The van der Waals surface area contributed by atoms with Gasteiger partial charge in [-0.1, -0.05) is 395 Å². The maximum Gasteiger partial charge on any atom is 0.472 e. The lowest BCUT2D eigenvalue weighted by Gasteiger charge is -2.21. The zero-order valence-corrected chi connectivity index (χ0v) is 69.4. The molecule has 0 aromatic heterocycles. The fourth-order valence-electron chi connectivity index (χ4n) is 13.1. The van der Waals surface area contributed by atoms with Crippen molar-refractivity contribution >= 4 is 39.5 Å². The fourth-order valence-corrected chi connectivity index (χ4v) is 14.6. The molecule has 0 rings (SSSR count). The van der Waals surface area contributed by atoms with E-state index in [2.05, 4.69) is 41.5 Å². The summed E-state index contributed by atoms with van der Waals surface area (Å²) in [6.07, 6.45) is 66.8. The van der Waals surface area contributed by atoms with Crippen LogP contribution in [0.5, 0.6) is 0 Å². The largest absolute Gasteiger partial charge is 0.472 e. The third-order valence-electron chi connectivity index (χ3n) is 19.7. The number of carbonyl (C=O) groups is 4. The van der Waals surface area contributed by atoms with Crippen molar-refractivity contribution in [2.75, 3.05) is 39.6 Å². The summed E-state index contributed by atoms with van der Waals surface area (Å²) < 4.78 is 68.8. The second-order valence-electron chi connectivity index (χ2n) is 31.2. The molecule has 2 unspecified atom stereocenters. The Kier molecular flexibility index (Phi) is 74.1. The standard InChI is InChI=1S/C84H164O17P2/c1-7-9-11-13-15-17-19-21-23-25-26-27-28-29-31-33-35-37-43-50-56-62-68-83(88)100-79(72-94-81(86)66-60-54-48-42-36-34-32-30-24-22-20-18-16-14-12-10-8-2)74-98-102(90,91)96-70-78(85)71-97-103(92,93)99-75-80(101-84(89)69-63-57-51-45-39-41-47-53-59-65-77(5)6)73-95-82(87)67-61-55-49-44-38-40-46-52-58-64-76(3)4/h76-80,85H,7-75H2,1-6H3,(H,90,91)(H,92,93)/t78-,79-,80-/m1/s1. The van der Waals surface area contributed by atoms with Crippen molar-refractivity contribution in [3.05, 3.63) is 0 Å². The summed E-state index contributed by atoms with van der Waals surface area (Å²) in [6, 6.07) is 0. The monoisotopic (exact) mass is 1510 g/mol. The molecule has 0 saturated carbocycles. The first-order chi connectivity index (χ1) is 49.9. The number of ether oxygens (including phenoxy) is 4. The molecule has 612 valence electrons. The van der Waals surface area contributed by atoms with Crippen LogP contribution in [-0.2, 0) is 65.4 Å². The fraction of sp³-hybridized carbons (Fsp3) is 0.952. The van der Waals surface area contributed by atoms with Crippen molar-refractivity contribution in [3.8, 4) is 0 Å². The number of esters is 4. The number of hydrogen-bond acceptors (Lipinski definition) is 15. The summed E-state index contributed by atoms with van der Waals surface area (Å²) in [5.41, 5.74) is 0. The molecule has 0 amide bonds. The van der Waals surface area contributed by atoms with Gasteiger partial charge in [-0.05, 0) is 37.5 Å². The predicted molar refractivity (Wildman–Crippen MR) is 423 cm³/mol. The number of carbonyl (C=O) groups excluding carboxylic acids is 4. The third-order valence-corrected chi connectivity index (χ3v) is 21.6. The molecule has 0 bridgehead atoms. The van der Waals surface area contributed by atoms with Crippen molar-refractivity contribution in [2.24, 2.45) is 11.8 Å². The van der Waals surface area contributed by atoms with Gasteiger partial charge in [0.05, 0.1) is 26.4 Å². The Balaban J connectivity index is 5.22. The molecular formula is C84H164O17P2. The second-order valence-corrected chi connectivity index (χ2v) is 34.1. The highest BCUT2D eigenvalue weighted by Crippen LogP contribution is 2.45. The van der Waals surface area contributed by atoms with Crippen LogP contribution < -0.4 is 0 Å². The Morgan fingerprint density at radius 1 is 0.262 bits per heavy atom. The molecule has 0 aliphatic carbocycles. The summed E-state index contributed by atoms with van der Waals surface area (Å²) in [4.78, 5) is 73.1. The molecule has 0 aliphatic rings. The molecule has 0 heterocycles. The molecule has 0 spiro atoms. The summed E-state index contributed by atoms with van der Waals surface area (Å²) in [5.74, 6) is -0.627. The first-order valence-corrected chi connectivity index (χ1v) is 46.5. The average molecular weight is 1510 g/mol. The maximum absolute atomic E-state index is 13.1. The number of phosphoric ester groups is 2. The van der Waals surface area contributed by atoms with Gasteiger partial charge < -0.3 is 33.8 Å². The Morgan fingerprint density at radius 3 is 0.660 bits per heavy atom. The van der Waals surface area contributed by atoms with E-state index in [1.165, 1.54) is 263 Å². The minimum absolute atomic E-state index is 0.105. The third kappa shape index (κ3) is 78.0. The molecule has 5 atom stereocenters. The number of phosphoric acid groups is 2. The van der Waals surface area contributed by atoms with Crippen LogP contribution in [0.2, 0.25) is 0 Å². The van der Waals surface area contributed by atoms with E-state index >= 15 is 0 Å². The van der Waals surface area contributed by atoms with Crippen LogP contribution in [0.1, 0.15) is 446 Å². The van der Waals surface area contributed by atoms with Gasteiger partial charge in [-0.15, -0.1) is 0 Å². The predicted octanol–water partition coefficient (Wildman–Crippen LogP) is 25.5. The second kappa shape index (κ2) is 75.5. The van der Waals surface area contributed by atoms with Crippen molar-refractivity contribution in [2.45, 2.75) is 464 Å². The van der Waals surface area contributed by atoms with Gasteiger partial charge in [0.2, 0.25) is 0 Å². The Hall–Kier alpha value is -1.94. The first-order valence-electron chi connectivity index (χ1n) is 43.5. The molecule has 0 aromatic rings. The quantitative estimate of drug-likeness (QED) is 0.0222. The van der Waals surface area contributed by atoms with Gasteiger partial charge in [-0.25, -0.2) is 9.13 Å². The highest BCUT2D eigenvalue weighted by molar-refractivity contribution is 7.47. The van der Waals surface area contributed by atoms with Crippen molar-refractivity contribution < 1.29 is 80.2 Å². The van der Waals surface area contributed by atoms with Crippen LogP contribution in [-0.4, -0.2) is 96.7 Å². The van der Waals surface area contributed by atoms with Crippen LogP contribution in [0, 0.1) is 11.8 Å². The van der Waals surface area contributed by atoms with Crippen LogP contribution in [0.4, 0.5) is 0 Å². The van der Waals surface area contributed by atoms with Gasteiger partial charge in [-0.2, -0.15) is 0 Å². The topological polar surface area (TPSA) is 237 Å². The van der Waals surface area contributed by atoms with Gasteiger partial charge in [0.15, 0.2) is 12.2 Å². The van der Waals surface area contributed by atoms with E-state index in [4.69, 9.17) is 37.0 Å². The van der Waals surface area contributed by atoms with Gasteiger partial charge in [0.25, 0.3) is 0 Å². The maximum atomic E-state index is 13.1. The van der Waals surface area contributed by atoms with E-state index in [1.54, 1.807) is 0 Å². The van der Waals surface area contributed by atoms with Crippen LogP contribution in [0.3, 0.4) is 0 Å². The van der Waals surface area contributed by atoms with E-state index in [9.17, 15) is 43.2 Å². The molecule has 17 nitrogen and oxygen atoms in total. The Labute approximate surface area is 632 Å². The minimum Gasteiger partial charge on any atom is -0.462 e. The van der Waals surface area contributed by atoms with Crippen molar-refractivity contribution in [1.29, 1.82) is 0 Å². The summed E-state index contributed by atoms with van der Waals surface area (Å²) in [7, 11) is -9.92. The lowest BCUT2D eigenvalue weighted by molar-refractivity contribution is -0.161. The van der Waals surface area contributed by atoms with Gasteiger partial charge in [0, 0.05) is 25.7 Å². The molecule has 0 saturated heterocycles. The molecule has 0 radical (unpaired) electrons. The Bertz CT molecular complexity index is 1980. The number of aliphatic hydroxyl groups is 1. The minimum atomic E-state index is -4.96. The van der Waals surface area contributed by atoms with Crippen molar-refractivity contribution in [3.63, 3.8) is 0 Å². The first kappa shape index (κ1) is 101. The van der Waals surface area contributed by atoms with Crippen LogP contribution in [0.15, 0.2) is 0 Å². The van der Waals surface area contributed by atoms with E-state index in [1.807, 2.05) is 0 Å². The SMILES string of the molecule is CCCCCCCCCCCCCCCCCCCCCCCCC(=O)O[C@H](COC(=O)CCCCCCCCCCCCCCCCCCC)COP(=O)(O)OC[C@@H](O)COP(=O)(O)OC[C@@H](COC(=O)CCCCCCCCCCCC(C)C)OC(=O)CCCCCCCCCCCC(C)C. The molecule has 0 aromatic carbocycles. The zero-order chi connectivity index (χ0) is 75.6. The Morgan fingerprint density at radius 2 is 0.447 bits per heavy atom. The number of hydrogen-bond donors (Lipinski definition) is 3.